The van der Waals surface area contributed by atoms with Gasteiger partial charge in [0.2, 0.25) is 0 Å². The number of unbranched alkanes of at least 4 members (excludes halogenated alkanes) is 8. The molecule has 2 aromatic carbocycles. The van der Waals surface area contributed by atoms with Crippen LogP contribution >= 0.6 is 0 Å². The average molecular weight is 797 g/mol. The molecule has 2 fully saturated rings. The molecule has 0 N–H and O–H groups in total. The van der Waals surface area contributed by atoms with Gasteiger partial charge in [-0.3, -0.25) is 9.97 Å². The zero-order chi connectivity index (χ0) is 41.1. The Hall–Kier alpha value is -3.30. The molecule has 2 saturated carbocycles. The molecule has 0 saturated heterocycles. The third kappa shape index (κ3) is 13.9. The van der Waals surface area contributed by atoms with Gasteiger partial charge in [0.25, 0.3) is 0 Å². The molecule has 2 heterocycles. The van der Waals surface area contributed by atoms with Gasteiger partial charge in [-0.05, 0) is 109 Å². The Labute approximate surface area is 361 Å². The molecule has 0 spiro atoms. The number of nitrogens with zero attached hydrogens (tertiary/aromatic N) is 2. The molecule has 2 aromatic heterocycles. The Morgan fingerprint density at radius 1 is 0.441 bits per heavy atom. The molecule has 0 amide bonds. The van der Waals surface area contributed by atoms with Crippen molar-refractivity contribution in [3.8, 4) is 22.5 Å². The first kappa shape index (κ1) is 45.2. The van der Waals surface area contributed by atoms with Gasteiger partial charge in [0.1, 0.15) is 0 Å². The maximum atomic E-state index is 7.74. The lowest BCUT2D eigenvalue weighted by molar-refractivity contribution is -0.0907. The van der Waals surface area contributed by atoms with Crippen molar-refractivity contribution in [1.29, 1.82) is 0 Å². The lowest BCUT2D eigenvalue weighted by atomic mass is 9.74. The number of ether oxygens (including phenoxy) is 1. The van der Waals surface area contributed by atoms with Crippen molar-refractivity contribution in [1.82, 2.24) is 9.97 Å². The van der Waals surface area contributed by atoms with Gasteiger partial charge in [-0.1, -0.05) is 191 Å². The highest BCUT2D eigenvalue weighted by atomic mass is 16.5. The van der Waals surface area contributed by atoms with Gasteiger partial charge in [0.15, 0.2) is 0 Å². The van der Waals surface area contributed by atoms with E-state index in [1.54, 1.807) is 0 Å². The second-order valence-electron chi connectivity index (χ2n) is 18.8. The van der Waals surface area contributed by atoms with Gasteiger partial charge in [-0.2, -0.15) is 0 Å². The van der Waals surface area contributed by atoms with E-state index in [0.29, 0.717) is 11.8 Å². The standard InChI is InChI=1S/C56H80N2O/c1-5-9-13-15-19-45-25-39-53(57-41-45)47-31-35-51(36-32-47)55(49-27-21-43(22-28-49)17-11-7-3)59-56(50-29-23-44(24-30-50)18-12-8-4)52-37-33-48(34-38-52)54-40-26-46(42-58-54)20-16-14-10-6-2/h25-26,31-44,49-50,55-56H,5-24,27-30H2,1-4H3/t43-,44-,49-,50-,55?,56?. The minimum absolute atomic E-state index is 0.0867. The highest BCUT2D eigenvalue weighted by molar-refractivity contribution is 5.60. The van der Waals surface area contributed by atoms with Crippen LogP contribution in [0.4, 0.5) is 0 Å². The van der Waals surface area contributed by atoms with E-state index in [9.17, 15) is 0 Å². The molecule has 0 radical (unpaired) electrons. The highest BCUT2D eigenvalue weighted by Crippen LogP contribution is 2.47. The van der Waals surface area contributed by atoms with Crippen LogP contribution in [-0.4, -0.2) is 9.97 Å². The predicted octanol–water partition coefficient (Wildman–Crippen LogP) is 16.8. The number of rotatable bonds is 24. The third-order valence-electron chi connectivity index (χ3n) is 14.2. The molecule has 2 aliphatic rings. The quantitative estimate of drug-likeness (QED) is 0.0663. The van der Waals surface area contributed by atoms with Crippen molar-refractivity contribution in [2.24, 2.45) is 23.7 Å². The first-order valence-electron chi connectivity index (χ1n) is 24.8. The van der Waals surface area contributed by atoms with E-state index < -0.39 is 0 Å². The maximum Gasteiger partial charge on any atom is 0.0861 e. The van der Waals surface area contributed by atoms with Crippen LogP contribution in [0.25, 0.3) is 22.5 Å². The van der Waals surface area contributed by atoms with Crippen LogP contribution < -0.4 is 0 Å². The monoisotopic (exact) mass is 797 g/mol. The summed E-state index contributed by atoms with van der Waals surface area (Å²) in [5.41, 5.74) is 9.92. The molecule has 3 nitrogen and oxygen atoms in total. The molecule has 6 rings (SSSR count). The fraction of sp³-hybridized carbons (Fsp3) is 0.607. The summed E-state index contributed by atoms with van der Waals surface area (Å²) in [5.74, 6) is 2.83. The van der Waals surface area contributed by atoms with Crippen molar-refractivity contribution in [2.75, 3.05) is 0 Å². The van der Waals surface area contributed by atoms with Crippen LogP contribution in [0.5, 0.6) is 0 Å². The number of benzene rings is 2. The van der Waals surface area contributed by atoms with Crippen molar-refractivity contribution >= 4 is 0 Å². The van der Waals surface area contributed by atoms with E-state index in [1.165, 1.54) is 175 Å². The molecule has 3 heteroatoms. The van der Waals surface area contributed by atoms with Gasteiger partial charge in [0, 0.05) is 23.5 Å². The minimum atomic E-state index is 0.0867. The Morgan fingerprint density at radius 2 is 0.831 bits per heavy atom. The normalized spacial score (nSPS) is 20.7. The summed E-state index contributed by atoms with van der Waals surface area (Å²) in [7, 11) is 0. The van der Waals surface area contributed by atoms with E-state index in [-0.39, 0.29) is 12.2 Å². The summed E-state index contributed by atoms with van der Waals surface area (Å²) in [6.45, 7) is 9.23. The number of aromatic nitrogens is 2. The van der Waals surface area contributed by atoms with Crippen LogP contribution in [0.3, 0.4) is 0 Å². The van der Waals surface area contributed by atoms with Crippen molar-refractivity contribution in [3.05, 3.63) is 107 Å². The second kappa shape index (κ2) is 24.8. The minimum Gasteiger partial charge on any atom is -0.365 e. The van der Waals surface area contributed by atoms with E-state index in [1.807, 2.05) is 0 Å². The van der Waals surface area contributed by atoms with E-state index in [4.69, 9.17) is 14.7 Å². The molecular weight excluding hydrogens is 717 g/mol. The van der Waals surface area contributed by atoms with Crippen molar-refractivity contribution in [3.63, 3.8) is 0 Å². The molecule has 2 unspecified atom stereocenters. The number of hydrogen-bond acceptors (Lipinski definition) is 3. The largest absolute Gasteiger partial charge is 0.365 e. The summed E-state index contributed by atoms with van der Waals surface area (Å²) >= 11 is 0. The van der Waals surface area contributed by atoms with Crippen molar-refractivity contribution in [2.45, 2.75) is 194 Å². The molecule has 0 aliphatic heterocycles. The Morgan fingerprint density at radius 3 is 1.17 bits per heavy atom. The van der Waals surface area contributed by atoms with Gasteiger partial charge >= 0.3 is 0 Å². The topological polar surface area (TPSA) is 35.0 Å². The molecule has 2 aliphatic carbocycles. The molecule has 320 valence electrons. The lowest BCUT2D eigenvalue weighted by Gasteiger charge is -2.40. The fourth-order valence-electron chi connectivity index (χ4n) is 10.3. The van der Waals surface area contributed by atoms with Crippen LogP contribution in [0.1, 0.15) is 203 Å². The van der Waals surface area contributed by atoms with E-state index >= 15 is 0 Å². The molecule has 2 atom stereocenters. The van der Waals surface area contributed by atoms with Crippen LogP contribution in [0, 0.1) is 23.7 Å². The van der Waals surface area contributed by atoms with Gasteiger partial charge in [0.05, 0.1) is 23.6 Å². The molecule has 59 heavy (non-hydrogen) atoms. The van der Waals surface area contributed by atoms with Crippen LogP contribution in [0.15, 0.2) is 85.2 Å². The second-order valence-corrected chi connectivity index (χ2v) is 18.8. The zero-order valence-corrected chi connectivity index (χ0v) is 37.8. The summed E-state index contributed by atoms with van der Waals surface area (Å²) < 4.78 is 7.74. The maximum absolute atomic E-state index is 7.74. The van der Waals surface area contributed by atoms with Crippen LogP contribution in [-0.2, 0) is 17.6 Å². The molecular formula is C56H80N2O. The zero-order valence-electron chi connectivity index (χ0n) is 37.8. The summed E-state index contributed by atoms with van der Waals surface area (Å²) in [6.07, 6.45) is 35.4. The van der Waals surface area contributed by atoms with E-state index in [2.05, 4.69) is 113 Å². The lowest BCUT2D eigenvalue weighted by Crippen LogP contribution is -2.28. The van der Waals surface area contributed by atoms with Crippen LogP contribution in [0.2, 0.25) is 0 Å². The van der Waals surface area contributed by atoms with Crippen molar-refractivity contribution < 1.29 is 4.74 Å². The molecule has 4 aromatic rings. The number of hydrogen-bond donors (Lipinski definition) is 0. The smallest absolute Gasteiger partial charge is 0.0861 e. The average Bonchev–Trinajstić information content (AvgIpc) is 3.29. The Balaban J connectivity index is 1.23. The SMILES string of the molecule is CCCCCCc1ccc(-c2ccc(C(OC(c3ccc(-c4ccc(CCCCCC)cn4)cc3)[C@H]3CC[C@H](CCCC)CC3)[C@H]3CC[C@H](CCCC)CC3)cc2)nc1. The first-order valence-corrected chi connectivity index (χ1v) is 24.8. The first-order chi connectivity index (χ1) is 29.1. The van der Waals surface area contributed by atoms with Gasteiger partial charge < -0.3 is 4.74 Å². The van der Waals surface area contributed by atoms with E-state index in [0.717, 1.165) is 36.1 Å². The summed E-state index contributed by atoms with van der Waals surface area (Å²) in [5, 5.41) is 0. The fourth-order valence-corrected chi connectivity index (χ4v) is 10.3. The summed E-state index contributed by atoms with van der Waals surface area (Å²) in [6, 6.07) is 27.8. The summed E-state index contributed by atoms with van der Waals surface area (Å²) in [4.78, 5) is 9.87. The molecule has 0 bridgehead atoms. The predicted molar refractivity (Wildman–Crippen MR) is 252 cm³/mol. The third-order valence-corrected chi connectivity index (χ3v) is 14.2. The Kier molecular flexibility index (Phi) is 19.0. The number of pyridine rings is 2. The highest BCUT2D eigenvalue weighted by Gasteiger charge is 2.36. The number of aryl methyl sites for hydroxylation is 2. The van der Waals surface area contributed by atoms with Gasteiger partial charge in [-0.25, -0.2) is 0 Å². The Bertz CT molecular complexity index is 1570. The van der Waals surface area contributed by atoms with Gasteiger partial charge in [-0.15, -0.1) is 0 Å².